The molecule has 1 aliphatic heterocycles. The summed E-state index contributed by atoms with van der Waals surface area (Å²) in [5, 5.41) is 4.79. The smallest absolute Gasteiger partial charge is 0.259 e. The van der Waals surface area contributed by atoms with E-state index in [2.05, 4.69) is 5.32 Å². The van der Waals surface area contributed by atoms with Gasteiger partial charge in [0.1, 0.15) is 6.54 Å². The van der Waals surface area contributed by atoms with Crippen molar-refractivity contribution in [2.24, 2.45) is 0 Å². The summed E-state index contributed by atoms with van der Waals surface area (Å²) in [6, 6.07) is 11.5. The second-order valence-electron chi connectivity index (χ2n) is 5.29. The monoisotopic (exact) mass is 268 g/mol. The highest BCUT2D eigenvalue weighted by Gasteiger charge is 2.30. The van der Waals surface area contributed by atoms with Crippen LogP contribution in [0.3, 0.4) is 0 Å². The van der Waals surface area contributed by atoms with Crippen molar-refractivity contribution in [2.45, 2.75) is 19.9 Å². The van der Waals surface area contributed by atoms with Crippen LogP contribution in [0.1, 0.15) is 24.2 Å². The summed E-state index contributed by atoms with van der Waals surface area (Å²) in [5.74, 6) is -0.242. The van der Waals surface area contributed by atoms with Crippen LogP contribution in [0.4, 0.5) is 5.69 Å². The van der Waals surface area contributed by atoms with Gasteiger partial charge in [-0.1, -0.05) is 24.3 Å². The minimum Gasteiger partial charge on any atom is -0.352 e. The summed E-state index contributed by atoms with van der Waals surface area (Å²) in [6.07, 6.45) is 0. The maximum Gasteiger partial charge on any atom is 0.259 e. The number of rotatable bonds is 3. The minimum absolute atomic E-state index is 0.0603. The number of anilines is 1. The summed E-state index contributed by atoms with van der Waals surface area (Å²) < 4.78 is 0. The van der Waals surface area contributed by atoms with Gasteiger partial charge in [0.2, 0.25) is 5.91 Å². The van der Waals surface area contributed by atoms with Gasteiger partial charge in [0.15, 0.2) is 0 Å². The maximum atomic E-state index is 12.4. The number of carbonyl (C=O) groups excluding carboxylic acids is 2. The average Bonchev–Trinajstić information content (AvgIpc) is 2.66. The fourth-order valence-corrected chi connectivity index (χ4v) is 2.65. The normalized spacial score (nSPS) is 13.3. The molecule has 4 heteroatoms. The van der Waals surface area contributed by atoms with Crippen LogP contribution in [0.15, 0.2) is 36.4 Å². The van der Waals surface area contributed by atoms with Crippen molar-refractivity contribution in [2.75, 3.05) is 11.4 Å². The lowest BCUT2D eigenvalue weighted by atomic mass is 10.1. The standard InChI is InChI=1S/C16H16N2O2/c1-10(2)17-14(19)9-18-13-8-4-6-11-5-3-7-12(15(11)13)16(18)20/h3-8,10H,9H2,1-2H3,(H,17,19). The lowest BCUT2D eigenvalue weighted by Gasteiger charge is -2.18. The molecule has 0 saturated carbocycles. The Balaban J connectivity index is 1.99. The number of nitrogens with zero attached hydrogens (tertiary/aromatic N) is 1. The van der Waals surface area contributed by atoms with Gasteiger partial charge in [0, 0.05) is 17.0 Å². The van der Waals surface area contributed by atoms with E-state index in [0.717, 1.165) is 16.5 Å². The molecule has 0 fully saturated rings. The van der Waals surface area contributed by atoms with Crippen molar-refractivity contribution >= 4 is 28.3 Å². The molecule has 0 spiro atoms. The SMILES string of the molecule is CC(C)NC(=O)CN1C(=O)c2cccc3cccc1c23. The molecular weight excluding hydrogens is 252 g/mol. The van der Waals surface area contributed by atoms with E-state index in [1.165, 1.54) is 0 Å². The zero-order chi connectivity index (χ0) is 14.3. The highest BCUT2D eigenvalue weighted by molar-refractivity contribution is 6.26. The van der Waals surface area contributed by atoms with Gasteiger partial charge in [-0.2, -0.15) is 0 Å². The van der Waals surface area contributed by atoms with Crippen LogP contribution in [0.2, 0.25) is 0 Å². The van der Waals surface area contributed by atoms with Crippen molar-refractivity contribution in [1.82, 2.24) is 5.32 Å². The molecule has 1 N–H and O–H groups in total. The Morgan fingerprint density at radius 1 is 1.20 bits per heavy atom. The molecule has 0 saturated heterocycles. The first-order chi connectivity index (χ1) is 9.58. The van der Waals surface area contributed by atoms with Crippen molar-refractivity contribution < 1.29 is 9.59 Å². The largest absolute Gasteiger partial charge is 0.352 e. The van der Waals surface area contributed by atoms with E-state index in [9.17, 15) is 9.59 Å². The predicted molar refractivity (Wildman–Crippen MR) is 78.9 cm³/mol. The number of amides is 2. The molecule has 1 heterocycles. The molecule has 20 heavy (non-hydrogen) atoms. The summed E-state index contributed by atoms with van der Waals surface area (Å²) in [6.45, 7) is 3.86. The van der Waals surface area contributed by atoms with E-state index in [-0.39, 0.29) is 24.4 Å². The molecular formula is C16H16N2O2. The lowest BCUT2D eigenvalue weighted by molar-refractivity contribution is -0.120. The molecule has 0 atom stereocenters. The predicted octanol–water partition coefficient (Wildman–Crippen LogP) is 2.32. The van der Waals surface area contributed by atoms with Gasteiger partial charge in [-0.05, 0) is 31.4 Å². The summed E-state index contributed by atoms with van der Waals surface area (Å²) >= 11 is 0. The molecule has 2 aromatic carbocycles. The number of carbonyl (C=O) groups is 2. The average molecular weight is 268 g/mol. The molecule has 0 unspecified atom stereocenters. The first kappa shape index (κ1) is 12.7. The Hall–Kier alpha value is -2.36. The van der Waals surface area contributed by atoms with E-state index >= 15 is 0 Å². The van der Waals surface area contributed by atoms with Crippen LogP contribution in [0.25, 0.3) is 10.8 Å². The molecule has 4 nitrogen and oxygen atoms in total. The molecule has 0 aromatic heterocycles. The van der Waals surface area contributed by atoms with Crippen molar-refractivity contribution in [3.63, 3.8) is 0 Å². The molecule has 3 rings (SSSR count). The van der Waals surface area contributed by atoms with E-state index in [4.69, 9.17) is 0 Å². The Morgan fingerprint density at radius 3 is 2.60 bits per heavy atom. The van der Waals surface area contributed by atoms with Gasteiger partial charge in [-0.3, -0.25) is 14.5 Å². The van der Waals surface area contributed by atoms with Gasteiger partial charge in [0.05, 0.1) is 5.69 Å². The quantitative estimate of drug-likeness (QED) is 0.928. The molecule has 0 bridgehead atoms. The van der Waals surface area contributed by atoms with Gasteiger partial charge in [-0.25, -0.2) is 0 Å². The fourth-order valence-electron chi connectivity index (χ4n) is 2.65. The van der Waals surface area contributed by atoms with Gasteiger partial charge < -0.3 is 5.32 Å². The van der Waals surface area contributed by atoms with Crippen LogP contribution in [0.5, 0.6) is 0 Å². The number of hydrogen-bond acceptors (Lipinski definition) is 2. The van der Waals surface area contributed by atoms with Crippen molar-refractivity contribution in [3.8, 4) is 0 Å². The van der Waals surface area contributed by atoms with Crippen LogP contribution in [-0.2, 0) is 4.79 Å². The number of nitrogens with one attached hydrogen (secondary N) is 1. The third-order valence-corrected chi connectivity index (χ3v) is 3.40. The molecule has 2 amide bonds. The molecule has 2 aromatic rings. The van der Waals surface area contributed by atoms with Gasteiger partial charge in [0.25, 0.3) is 5.91 Å². The van der Waals surface area contributed by atoms with Crippen molar-refractivity contribution in [3.05, 3.63) is 42.0 Å². The van der Waals surface area contributed by atoms with Crippen LogP contribution < -0.4 is 10.2 Å². The fraction of sp³-hybridized carbons (Fsp3) is 0.250. The Bertz CT molecular complexity index is 701. The third-order valence-electron chi connectivity index (χ3n) is 3.40. The van der Waals surface area contributed by atoms with Crippen LogP contribution >= 0.6 is 0 Å². The van der Waals surface area contributed by atoms with Gasteiger partial charge >= 0.3 is 0 Å². The van der Waals surface area contributed by atoms with Crippen molar-refractivity contribution in [1.29, 1.82) is 0 Å². The Kier molecular flexibility index (Phi) is 2.93. The Labute approximate surface area is 117 Å². The first-order valence-corrected chi connectivity index (χ1v) is 6.71. The van der Waals surface area contributed by atoms with E-state index in [1.807, 2.05) is 50.2 Å². The number of benzene rings is 2. The summed E-state index contributed by atoms with van der Waals surface area (Å²) in [7, 11) is 0. The molecule has 1 aliphatic rings. The second kappa shape index (κ2) is 4.63. The zero-order valence-corrected chi connectivity index (χ0v) is 11.5. The maximum absolute atomic E-state index is 12.4. The third kappa shape index (κ3) is 1.93. The highest BCUT2D eigenvalue weighted by Crippen LogP contribution is 2.36. The first-order valence-electron chi connectivity index (χ1n) is 6.71. The summed E-state index contributed by atoms with van der Waals surface area (Å²) in [5.41, 5.74) is 1.50. The summed E-state index contributed by atoms with van der Waals surface area (Å²) in [4.78, 5) is 25.9. The molecule has 102 valence electrons. The molecule has 0 radical (unpaired) electrons. The van der Waals surface area contributed by atoms with E-state index in [0.29, 0.717) is 5.56 Å². The lowest BCUT2D eigenvalue weighted by Crippen LogP contribution is -2.41. The Morgan fingerprint density at radius 2 is 1.90 bits per heavy atom. The minimum atomic E-state index is -0.141. The van der Waals surface area contributed by atoms with Gasteiger partial charge in [-0.15, -0.1) is 0 Å². The highest BCUT2D eigenvalue weighted by atomic mass is 16.2. The molecule has 0 aliphatic carbocycles. The second-order valence-corrected chi connectivity index (χ2v) is 5.29. The zero-order valence-electron chi connectivity index (χ0n) is 11.5. The van der Waals surface area contributed by atoms with Crippen LogP contribution in [0, 0.1) is 0 Å². The number of hydrogen-bond donors (Lipinski definition) is 1. The van der Waals surface area contributed by atoms with E-state index in [1.54, 1.807) is 4.90 Å². The van der Waals surface area contributed by atoms with E-state index < -0.39 is 0 Å². The van der Waals surface area contributed by atoms with Crippen LogP contribution in [-0.4, -0.2) is 24.4 Å². The topological polar surface area (TPSA) is 49.4 Å².